The van der Waals surface area contributed by atoms with Crippen molar-refractivity contribution in [2.75, 3.05) is 11.9 Å². The smallest absolute Gasteiger partial charge is 0.341 e. The van der Waals surface area contributed by atoms with Gasteiger partial charge in [-0.1, -0.05) is 12.1 Å². The molecule has 1 aliphatic carbocycles. The number of carbonyl (C=O) groups excluding carboxylic acids is 2. The molecule has 186 valence electrons. The molecule has 5 rings (SSSR count). The Balaban J connectivity index is 1.46. The number of anilines is 1. The molecule has 4 aromatic rings. The van der Waals surface area contributed by atoms with E-state index in [2.05, 4.69) is 10.3 Å². The summed E-state index contributed by atoms with van der Waals surface area (Å²) in [5, 5.41) is 3.71. The first-order valence-electron chi connectivity index (χ1n) is 11.7. The van der Waals surface area contributed by atoms with E-state index in [-0.39, 0.29) is 24.5 Å². The average Bonchev–Trinajstić information content (AvgIpc) is 3.38. The maximum absolute atomic E-state index is 13.5. The zero-order valence-corrected chi connectivity index (χ0v) is 21.5. The van der Waals surface area contributed by atoms with Crippen LogP contribution in [0.3, 0.4) is 0 Å². The molecule has 0 saturated carbocycles. The number of rotatable bonds is 6. The molecule has 10 heteroatoms. The molecule has 3 aromatic heterocycles. The van der Waals surface area contributed by atoms with Gasteiger partial charge in [-0.3, -0.25) is 14.2 Å². The minimum absolute atomic E-state index is 0.244. The predicted octanol–water partition coefficient (Wildman–Crippen LogP) is 5.33. The van der Waals surface area contributed by atoms with Crippen molar-refractivity contribution in [2.24, 2.45) is 0 Å². The Bertz CT molecular complexity index is 1540. The molecule has 0 aliphatic heterocycles. The largest absolute Gasteiger partial charge is 0.462 e. The van der Waals surface area contributed by atoms with Crippen molar-refractivity contribution in [1.82, 2.24) is 9.55 Å². The summed E-state index contributed by atoms with van der Waals surface area (Å²) in [6.07, 6.45) is 5.04. The molecule has 0 atom stereocenters. The number of benzene rings is 1. The molecule has 0 radical (unpaired) electrons. The third kappa shape index (κ3) is 4.46. The molecule has 0 unspecified atom stereocenters. The zero-order chi connectivity index (χ0) is 25.4. The number of ether oxygens (including phenoxy) is 1. The highest BCUT2D eigenvalue weighted by molar-refractivity contribution is 7.19. The van der Waals surface area contributed by atoms with Crippen LogP contribution in [0.15, 0.2) is 35.4 Å². The quantitative estimate of drug-likeness (QED) is 0.344. The molecule has 1 aliphatic rings. The molecule has 36 heavy (non-hydrogen) atoms. The second kappa shape index (κ2) is 9.94. The van der Waals surface area contributed by atoms with Crippen molar-refractivity contribution in [3.05, 3.63) is 67.6 Å². The van der Waals surface area contributed by atoms with E-state index in [1.54, 1.807) is 19.1 Å². The lowest BCUT2D eigenvalue weighted by atomic mass is 9.95. The zero-order valence-electron chi connectivity index (χ0n) is 19.9. The number of fused-ring (bicyclic) bond motifs is 2. The van der Waals surface area contributed by atoms with Gasteiger partial charge in [-0.05, 0) is 62.8 Å². The second-order valence-electron chi connectivity index (χ2n) is 8.58. The SMILES string of the molecule is CCOC(=O)c1c(NC(=O)Cn2cnc3sc(C)c(-c4ccc(F)cc4)c3c2=O)sc2c1CCCC2. The van der Waals surface area contributed by atoms with Crippen molar-refractivity contribution in [3.8, 4) is 11.1 Å². The Kier molecular flexibility index (Phi) is 6.72. The summed E-state index contributed by atoms with van der Waals surface area (Å²) in [6, 6.07) is 5.95. The molecule has 0 spiro atoms. The fourth-order valence-corrected chi connectivity index (χ4v) is 6.91. The van der Waals surface area contributed by atoms with Crippen LogP contribution in [0.5, 0.6) is 0 Å². The number of halogens is 1. The van der Waals surface area contributed by atoms with Crippen molar-refractivity contribution in [3.63, 3.8) is 0 Å². The number of aryl methyl sites for hydroxylation is 2. The van der Waals surface area contributed by atoms with Gasteiger partial charge in [0.2, 0.25) is 5.91 Å². The van der Waals surface area contributed by atoms with Crippen molar-refractivity contribution in [2.45, 2.75) is 46.1 Å². The van der Waals surface area contributed by atoms with E-state index >= 15 is 0 Å². The summed E-state index contributed by atoms with van der Waals surface area (Å²) < 4.78 is 20.0. The number of nitrogens with zero attached hydrogens (tertiary/aromatic N) is 2. The van der Waals surface area contributed by atoms with Crippen molar-refractivity contribution in [1.29, 1.82) is 0 Å². The molecular formula is C26H24FN3O4S2. The number of nitrogens with one attached hydrogen (secondary N) is 1. The summed E-state index contributed by atoms with van der Waals surface area (Å²) in [6.45, 7) is 3.62. The van der Waals surface area contributed by atoms with E-state index < -0.39 is 11.9 Å². The molecule has 7 nitrogen and oxygen atoms in total. The van der Waals surface area contributed by atoms with Gasteiger partial charge in [-0.2, -0.15) is 0 Å². The summed E-state index contributed by atoms with van der Waals surface area (Å²) in [4.78, 5) is 46.1. The molecule has 0 fully saturated rings. The van der Waals surface area contributed by atoms with Crippen molar-refractivity contribution < 1.29 is 18.7 Å². The van der Waals surface area contributed by atoms with Gasteiger partial charge in [0.25, 0.3) is 5.56 Å². The number of thiophene rings is 2. The summed E-state index contributed by atoms with van der Waals surface area (Å²) >= 11 is 2.78. The topological polar surface area (TPSA) is 90.3 Å². The maximum Gasteiger partial charge on any atom is 0.341 e. The van der Waals surface area contributed by atoms with Crippen molar-refractivity contribution >= 4 is 49.8 Å². The number of aromatic nitrogens is 2. The van der Waals surface area contributed by atoms with Crippen LogP contribution in [0.1, 0.15) is 45.4 Å². The van der Waals surface area contributed by atoms with Gasteiger partial charge in [0.05, 0.1) is 23.9 Å². The van der Waals surface area contributed by atoms with Gasteiger partial charge < -0.3 is 10.1 Å². The van der Waals surface area contributed by atoms with Crippen LogP contribution >= 0.6 is 22.7 Å². The second-order valence-corrected chi connectivity index (χ2v) is 10.9. The number of hydrogen-bond acceptors (Lipinski definition) is 7. The predicted molar refractivity (Wildman–Crippen MR) is 140 cm³/mol. The first kappa shape index (κ1) is 24.3. The summed E-state index contributed by atoms with van der Waals surface area (Å²) in [7, 11) is 0. The van der Waals surface area contributed by atoms with E-state index in [9.17, 15) is 18.8 Å². The van der Waals surface area contributed by atoms with Crippen LogP contribution in [0, 0.1) is 12.7 Å². The average molecular weight is 526 g/mol. The Morgan fingerprint density at radius 3 is 2.67 bits per heavy atom. The molecular weight excluding hydrogens is 501 g/mol. The summed E-state index contributed by atoms with van der Waals surface area (Å²) in [5.74, 6) is -1.23. The van der Waals surface area contributed by atoms with Gasteiger partial charge in [-0.15, -0.1) is 22.7 Å². The minimum Gasteiger partial charge on any atom is -0.462 e. The molecule has 1 amide bonds. The number of hydrogen-bond donors (Lipinski definition) is 1. The Labute approximate surface area is 214 Å². The van der Waals surface area contributed by atoms with Gasteiger partial charge in [-0.25, -0.2) is 14.2 Å². The number of amides is 1. The normalized spacial score (nSPS) is 13.0. The van der Waals surface area contributed by atoms with E-state index in [0.29, 0.717) is 31.9 Å². The molecule has 3 heterocycles. The highest BCUT2D eigenvalue weighted by Gasteiger charge is 2.27. The van der Waals surface area contributed by atoms with E-state index in [0.717, 1.165) is 41.0 Å². The lowest BCUT2D eigenvalue weighted by Gasteiger charge is -2.12. The standard InChI is InChI=1S/C26H24FN3O4S2/c1-3-34-26(33)21-17-6-4-5-7-18(17)36-24(21)29-19(31)12-30-13-28-23-22(25(30)32)20(14(2)35-23)15-8-10-16(27)11-9-15/h8-11,13H,3-7,12H2,1-2H3,(H,29,31). The van der Waals surface area contributed by atoms with Crippen LogP contribution < -0.4 is 10.9 Å². The Hall–Kier alpha value is -3.37. The fraction of sp³-hybridized carbons (Fsp3) is 0.308. The first-order valence-corrected chi connectivity index (χ1v) is 13.4. The Morgan fingerprint density at radius 2 is 1.92 bits per heavy atom. The number of esters is 1. The van der Waals surface area contributed by atoms with Gasteiger partial charge in [0, 0.05) is 15.3 Å². The van der Waals surface area contributed by atoms with Gasteiger partial charge in [0.1, 0.15) is 22.2 Å². The third-order valence-electron chi connectivity index (χ3n) is 6.21. The molecule has 0 bridgehead atoms. The van der Waals surface area contributed by atoms with Gasteiger partial charge >= 0.3 is 5.97 Å². The molecule has 1 N–H and O–H groups in total. The minimum atomic E-state index is -0.440. The van der Waals surface area contributed by atoms with Crippen LogP contribution in [-0.2, 0) is 28.9 Å². The van der Waals surface area contributed by atoms with Crippen LogP contribution in [0.2, 0.25) is 0 Å². The highest BCUT2D eigenvalue weighted by Crippen LogP contribution is 2.39. The monoisotopic (exact) mass is 525 g/mol. The van der Waals surface area contributed by atoms with Crippen LogP contribution in [-0.4, -0.2) is 28.0 Å². The Morgan fingerprint density at radius 1 is 1.17 bits per heavy atom. The lowest BCUT2D eigenvalue weighted by Crippen LogP contribution is -2.28. The number of carbonyl (C=O) groups is 2. The molecule has 1 aromatic carbocycles. The van der Waals surface area contributed by atoms with Crippen LogP contribution in [0.25, 0.3) is 21.3 Å². The highest BCUT2D eigenvalue weighted by atomic mass is 32.1. The van der Waals surface area contributed by atoms with Crippen LogP contribution in [0.4, 0.5) is 9.39 Å². The van der Waals surface area contributed by atoms with Gasteiger partial charge in [0.15, 0.2) is 0 Å². The third-order valence-corrected chi connectivity index (χ3v) is 8.43. The fourth-order valence-electron chi connectivity index (χ4n) is 4.61. The van der Waals surface area contributed by atoms with E-state index in [1.165, 1.54) is 45.7 Å². The first-order chi connectivity index (χ1) is 17.4. The molecule has 0 saturated heterocycles. The lowest BCUT2D eigenvalue weighted by molar-refractivity contribution is -0.116. The summed E-state index contributed by atoms with van der Waals surface area (Å²) in [5.41, 5.74) is 2.44. The van der Waals surface area contributed by atoms with E-state index in [4.69, 9.17) is 4.74 Å². The maximum atomic E-state index is 13.5. The van der Waals surface area contributed by atoms with E-state index in [1.807, 2.05) is 6.92 Å².